The van der Waals surface area contributed by atoms with Crippen LogP contribution in [0.25, 0.3) is 5.69 Å². The molecule has 2 aromatic carbocycles. The van der Waals surface area contributed by atoms with Crippen molar-refractivity contribution in [1.29, 1.82) is 0 Å². The first kappa shape index (κ1) is 21.7. The molecule has 1 amide bonds. The van der Waals surface area contributed by atoms with Gasteiger partial charge in [-0.15, -0.1) is 0 Å². The van der Waals surface area contributed by atoms with Gasteiger partial charge in [0, 0.05) is 40.8 Å². The van der Waals surface area contributed by atoms with E-state index in [4.69, 9.17) is 5.11 Å². The van der Waals surface area contributed by atoms with Gasteiger partial charge in [-0.2, -0.15) is 0 Å². The van der Waals surface area contributed by atoms with Crippen LogP contribution in [0.1, 0.15) is 21.5 Å². The second kappa shape index (κ2) is 9.32. The average Bonchev–Trinajstić information content (AvgIpc) is 3.46. The molecule has 0 radical (unpaired) electrons. The Balaban J connectivity index is 1.54. The van der Waals surface area contributed by atoms with Gasteiger partial charge in [0.15, 0.2) is 0 Å². The standard InChI is InChI=1S/C24H21FN2O4S/c25-22-14-20(26-10-1-2-11-26)8-7-19(22)13-23(28)27(21-9-12-32(31)16-21)15-17-3-5-18(6-4-17)24(29)30/h1-12,14,21H,13,15-16H2,(H,29,30). The Bertz CT molecular complexity index is 1190. The first-order chi connectivity index (χ1) is 15.4. The number of rotatable bonds is 7. The lowest BCUT2D eigenvalue weighted by Crippen LogP contribution is -2.41. The minimum Gasteiger partial charge on any atom is -0.478 e. The largest absolute Gasteiger partial charge is 0.478 e. The van der Waals surface area contributed by atoms with Crippen molar-refractivity contribution in [3.05, 3.63) is 101 Å². The maximum atomic E-state index is 14.7. The van der Waals surface area contributed by atoms with Crippen molar-refractivity contribution in [2.75, 3.05) is 5.75 Å². The molecule has 1 N–H and O–H groups in total. The van der Waals surface area contributed by atoms with Crippen molar-refractivity contribution in [3.8, 4) is 5.69 Å². The van der Waals surface area contributed by atoms with E-state index in [9.17, 15) is 18.2 Å². The summed E-state index contributed by atoms with van der Waals surface area (Å²) in [6.45, 7) is 0.202. The van der Waals surface area contributed by atoms with Gasteiger partial charge in [-0.1, -0.05) is 24.3 Å². The van der Waals surface area contributed by atoms with Gasteiger partial charge in [-0.25, -0.2) is 9.18 Å². The lowest BCUT2D eigenvalue weighted by atomic mass is 10.1. The molecule has 0 spiro atoms. The molecule has 0 saturated carbocycles. The summed E-state index contributed by atoms with van der Waals surface area (Å²) in [4.78, 5) is 25.8. The minimum absolute atomic E-state index is 0.137. The first-order valence-corrected chi connectivity index (χ1v) is 11.4. The van der Waals surface area contributed by atoms with Crippen LogP contribution in [-0.4, -0.2) is 42.5 Å². The Morgan fingerprint density at radius 3 is 2.44 bits per heavy atom. The number of benzene rings is 2. The summed E-state index contributed by atoms with van der Waals surface area (Å²) in [7, 11) is -1.16. The van der Waals surface area contributed by atoms with Crippen LogP contribution in [0.5, 0.6) is 0 Å². The Morgan fingerprint density at radius 2 is 1.84 bits per heavy atom. The van der Waals surface area contributed by atoms with E-state index < -0.39 is 22.6 Å². The third kappa shape index (κ3) is 4.86. The number of aromatic nitrogens is 1. The van der Waals surface area contributed by atoms with E-state index in [2.05, 4.69) is 0 Å². The number of hydrogen-bond donors (Lipinski definition) is 1. The molecule has 6 nitrogen and oxygen atoms in total. The molecule has 0 saturated heterocycles. The zero-order valence-electron chi connectivity index (χ0n) is 17.1. The van der Waals surface area contributed by atoms with Crippen LogP contribution >= 0.6 is 0 Å². The van der Waals surface area contributed by atoms with Crippen molar-refractivity contribution in [3.63, 3.8) is 0 Å². The van der Waals surface area contributed by atoms with Crippen LogP contribution in [0, 0.1) is 5.82 Å². The molecule has 0 bridgehead atoms. The number of aromatic carboxylic acids is 1. The predicted octanol–water partition coefficient (Wildman–Crippen LogP) is 3.53. The molecule has 1 aliphatic rings. The van der Waals surface area contributed by atoms with Crippen molar-refractivity contribution < 1.29 is 23.3 Å². The van der Waals surface area contributed by atoms with E-state index >= 15 is 0 Å². The monoisotopic (exact) mass is 452 g/mol. The van der Waals surface area contributed by atoms with Gasteiger partial charge in [0.25, 0.3) is 0 Å². The third-order valence-corrected chi connectivity index (χ3v) is 6.47. The lowest BCUT2D eigenvalue weighted by molar-refractivity contribution is -0.132. The van der Waals surface area contributed by atoms with E-state index in [-0.39, 0.29) is 41.8 Å². The van der Waals surface area contributed by atoms with Gasteiger partial charge in [-0.05, 0) is 47.5 Å². The molecular formula is C24H21FN2O4S. The van der Waals surface area contributed by atoms with Gasteiger partial charge in [0.2, 0.25) is 5.91 Å². The van der Waals surface area contributed by atoms with Gasteiger partial charge >= 0.3 is 5.97 Å². The van der Waals surface area contributed by atoms with Crippen LogP contribution in [-0.2, 0) is 28.6 Å². The maximum Gasteiger partial charge on any atom is 0.335 e. The van der Waals surface area contributed by atoms with Crippen molar-refractivity contribution in [1.82, 2.24) is 9.47 Å². The second-order valence-corrected chi connectivity index (χ2v) is 8.88. The highest BCUT2D eigenvalue weighted by Gasteiger charge is 2.27. The maximum absolute atomic E-state index is 14.7. The zero-order chi connectivity index (χ0) is 22.7. The van der Waals surface area contributed by atoms with Gasteiger partial charge in [-0.3, -0.25) is 9.00 Å². The molecule has 2 unspecified atom stereocenters. The van der Waals surface area contributed by atoms with E-state index in [0.717, 1.165) is 5.56 Å². The molecule has 3 aromatic rings. The molecule has 8 heteroatoms. The van der Waals surface area contributed by atoms with Crippen LogP contribution in [0.2, 0.25) is 0 Å². The molecule has 0 aliphatic carbocycles. The van der Waals surface area contributed by atoms with Crippen LogP contribution < -0.4 is 0 Å². The summed E-state index contributed by atoms with van der Waals surface area (Å²) >= 11 is 0. The number of amides is 1. The van der Waals surface area contributed by atoms with Crippen LogP contribution in [0.4, 0.5) is 4.39 Å². The number of carbonyl (C=O) groups excluding carboxylic acids is 1. The zero-order valence-corrected chi connectivity index (χ0v) is 17.9. The normalized spacial score (nSPS) is 17.4. The Hall–Kier alpha value is -3.52. The summed E-state index contributed by atoms with van der Waals surface area (Å²) in [5.41, 5.74) is 1.82. The van der Waals surface area contributed by atoms with Crippen LogP contribution in [0.15, 0.2) is 78.5 Å². The average molecular weight is 453 g/mol. The highest BCUT2D eigenvalue weighted by atomic mass is 32.2. The Labute approximate surface area is 187 Å². The summed E-state index contributed by atoms with van der Waals surface area (Å²) in [5.74, 6) is -1.51. The summed E-state index contributed by atoms with van der Waals surface area (Å²) in [5, 5.41) is 10.6. The number of carboxylic acid groups (broad SMARTS) is 1. The molecular weight excluding hydrogens is 431 g/mol. The molecule has 4 rings (SSSR count). The number of nitrogens with zero attached hydrogens (tertiary/aromatic N) is 2. The highest BCUT2D eigenvalue weighted by molar-refractivity contribution is 7.88. The fourth-order valence-corrected chi connectivity index (χ4v) is 4.70. The van der Waals surface area contributed by atoms with Crippen molar-refractivity contribution in [2.45, 2.75) is 19.0 Å². The molecule has 164 valence electrons. The summed E-state index contributed by atoms with van der Waals surface area (Å²) in [6.07, 6.45) is 5.21. The lowest BCUT2D eigenvalue weighted by Gasteiger charge is -2.28. The molecule has 1 aromatic heterocycles. The molecule has 0 fully saturated rings. The minimum atomic E-state index is -1.16. The molecule has 1 aliphatic heterocycles. The van der Waals surface area contributed by atoms with Crippen LogP contribution in [0.3, 0.4) is 0 Å². The Morgan fingerprint density at radius 1 is 1.12 bits per heavy atom. The number of carbonyl (C=O) groups is 2. The topological polar surface area (TPSA) is 79.6 Å². The fourth-order valence-electron chi connectivity index (χ4n) is 3.60. The van der Waals surface area contributed by atoms with Gasteiger partial charge < -0.3 is 14.6 Å². The first-order valence-electron chi connectivity index (χ1n) is 9.99. The fraction of sp³-hybridized carbons (Fsp3) is 0.167. The molecule has 2 heterocycles. The number of carboxylic acids is 1. The second-order valence-electron chi connectivity index (χ2n) is 7.51. The number of hydrogen-bond acceptors (Lipinski definition) is 3. The van der Waals surface area contributed by atoms with Crippen molar-refractivity contribution in [2.24, 2.45) is 0 Å². The predicted molar refractivity (Wildman–Crippen MR) is 119 cm³/mol. The van der Waals surface area contributed by atoms with Gasteiger partial charge in [0.1, 0.15) is 5.82 Å². The molecule has 32 heavy (non-hydrogen) atoms. The molecule has 2 atom stereocenters. The van der Waals surface area contributed by atoms with E-state index in [1.165, 1.54) is 18.2 Å². The quantitative estimate of drug-likeness (QED) is 0.595. The smallest absolute Gasteiger partial charge is 0.335 e. The summed E-state index contributed by atoms with van der Waals surface area (Å²) in [6, 6.07) is 14.3. The summed E-state index contributed by atoms with van der Waals surface area (Å²) < 4.78 is 28.4. The highest BCUT2D eigenvalue weighted by Crippen LogP contribution is 2.20. The van der Waals surface area contributed by atoms with Gasteiger partial charge in [0.05, 0.1) is 23.8 Å². The SMILES string of the molecule is O=C(O)c1ccc(CN(C(=O)Cc2ccc(-n3cccc3)cc2F)C2C=CS(=O)C2)cc1. The van der Waals surface area contributed by atoms with E-state index in [0.29, 0.717) is 5.69 Å². The van der Waals surface area contributed by atoms with E-state index in [1.807, 2.05) is 24.5 Å². The Kier molecular flexibility index (Phi) is 6.32. The number of halogens is 1. The van der Waals surface area contributed by atoms with E-state index in [1.54, 1.807) is 45.2 Å². The van der Waals surface area contributed by atoms with Crippen molar-refractivity contribution >= 4 is 22.7 Å². The third-order valence-electron chi connectivity index (χ3n) is 5.34.